The molecule has 0 amide bonds. The molecule has 1 saturated heterocycles. The number of aromatic nitrogens is 2. The van der Waals surface area contributed by atoms with Crippen LogP contribution in [-0.2, 0) is 17.9 Å². The molecular formula is C21H25Cl2N5O. The van der Waals surface area contributed by atoms with E-state index in [4.69, 9.17) is 27.8 Å². The minimum Gasteiger partial charge on any atom is -0.383 e. The quantitative estimate of drug-likeness (QED) is 0.630. The van der Waals surface area contributed by atoms with Crippen LogP contribution in [-0.4, -0.2) is 34.1 Å². The SMILES string of the molecule is Cl.Nc1nc(N)c2c(COC3CCN(Cc4ccc(Cl)cc4)CC3)cccc2n1. The Kier molecular flexibility index (Phi) is 7.14. The van der Waals surface area contributed by atoms with Crippen LogP contribution in [0.25, 0.3) is 10.9 Å². The largest absolute Gasteiger partial charge is 0.383 e. The second kappa shape index (κ2) is 9.59. The lowest BCUT2D eigenvalue weighted by atomic mass is 10.1. The van der Waals surface area contributed by atoms with Crippen molar-refractivity contribution >= 4 is 46.7 Å². The zero-order valence-corrected chi connectivity index (χ0v) is 17.6. The van der Waals surface area contributed by atoms with Gasteiger partial charge in [0.1, 0.15) is 5.82 Å². The van der Waals surface area contributed by atoms with Crippen LogP contribution < -0.4 is 11.5 Å². The van der Waals surface area contributed by atoms with Gasteiger partial charge in [-0.15, -0.1) is 12.4 Å². The van der Waals surface area contributed by atoms with Crippen molar-refractivity contribution in [2.75, 3.05) is 24.6 Å². The minimum absolute atomic E-state index is 0. The number of hydrogen-bond donors (Lipinski definition) is 2. The molecule has 0 spiro atoms. The van der Waals surface area contributed by atoms with Crippen LogP contribution in [0.15, 0.2) is 42.5 Å². The van der Waals surface area contributed by atoms with Crippen LogP contribution in [0.1, 0.15) is 24.0 Å². The van der Waals surface area contributed by atoms with E-state index in [0.29, 0.717) is 12.4 Å². The summed E-state index contributed by atoms with van der Waals surface area (Å²) in [7, 11) is 0. The van der Waals surface area contributed by atoms with Gasteiger partial charge < -0.3 is 16.2 Å². The highest BCUT2D eigenvalue weighted by Crippen LogP contribution is 2.25. The molecule has 2 aromatic carbocycles. The van der Waals surface area contributed by atoms with Crippen molar-refractivity contribution in [2.45, 2.75) is 32.1 Å². The third-order valence-corrected chi connectivity index (χ3v) is 5.44. The molecule has 0 saturated carbocycles. The van der Waals surface area contributed by atoms with Gasteiger partial charge in [0.25, 0.3) is 0 Å². The van der Waals surface area contributed by atoms with E-state index in [-0.39, 0.29) is 24.5 Å². The maximum absolute atomic E-state index is 6.19. The first-order valence-corrected chi connectivity index (χ1v) is 9.85. The van der Waals surface area contributed by atoms with Crippen LogP contribution >= 0.6 is 24.0 Å². The number of halogens is 2. The van der Waals surface area contributed by atoms with E-state index in [1.165, 1.54) is 5.56 Å². The van der Waals surface area contributed by atoms with Crippen molar-refractivity contribution < 1.29 is 4.74 Å². The highest BCUT2D eigenvalue weighted by atomic mass is 35.5. The van der Waals surface area contributed by atoms with Crippen LogP contribution in [0, 0.1) is 0 Å². The molecule has 1 aliphatic heterocycles. The summed E-state index contributed by atoms with van der Waals surface area (Å²) in [5.74, 6) is 0.593. The standard InChI is InChI=1S/C21H24ClN5O.ClH/c22-16-6-4-14(5-7-16)12-27-10-8-17(9-11-27)28-13-15-2-1-3-18-19(15)20(23)26-21(24)25-18;/h1-7,17H,8-13H2,(H4,23,24,25,26);1H. The second-order valence-corrected chi connectivity index (χ2v) is 7.63. The average Bonchev–Trinajstić information content (AvgIpc) is 2.69. The van der Waals surface area contributed by atoms with Gasteiger partial charge >= 0.3 is 0 Å². The molecule has 1 aliphatic rings. The molecule has 4 rings (SSSR count). The molecule has 3 aromatic rings. The molecular weight excluding hydrogens is 409 g/mol. The molecule has 29 heavy (non-hydrogen) atoms. The number of fused-ring (bicyclic) bond motifs is 1. The molecule has 4 N–H and O–H groups in total. The van der Waals surface area contributed by atoms with Gasteiger partial charge in [0, 0.05) is 30.0 Å². The summed E-state index contributed by atoms with van der Waals surface area (Å²) in [6, 6.07) is 13.9. The molecule has 0 bridgehead atoms. The van der Waals surface area contributed by atoms with Gasteiger partial charge in [-0.25, -0.2) is 4.98 Å². The maximum Gasteiger partial charge on any atom is 0.222 e. The average molecular weight is 434 g/mol. The maximum atomic E-state index is 6.19. The van der Waals surface area contributed by atoms with Crippen LogP contribution in [0.2, 0.25) is 5.02 Å². The highest BCUT2D eigenvalue weighted by Gasteiger charge is 2.20. The van der Waals surface area contributed by atoms with Gasteiger partial charge in [-0.3, -0.25) is 4.90 Å². The van der Waals surface area contributed by atoms with Gasteiger partial charge in [-0.2, -0.15) is 4.98 Å². The predicted molar refractivity (Wildman–Crippen MR) is 120 cm³/mol. The number of piperidine rings is 1. The lowest BCUT2D eigenvalue weighted by Gasteiger charge is -2.32. The van der Waals surface area contributed by atoms with Crippen molar-refractivity contribution in [1.82, 2.24) is 14.9 Å². The smallest absolute Gasteiger partial charge is 0.222 e. The Labute approximate surface area is 181 Å². The number of likely N-dealkylation sites (tertiary alicyclic amines) is 1. The molecule has 6 nitrogen and oxygen atoms in total. The van der Waals surface area contributed by atoms with Crippen molar-refractivity contribution in [3.05, 3.63) is 58.6 Å². The van der Waals surface area contributed by atoms with Crippen LogP contribution in [0.4, 0.5) is 11.8 Å². The first-order chi connectivity index (χ1) is 13.6. The zero-order valence-electron chi connectivity index (χ0n) is 16.1. The topological polar surface area (TPSA) is 90.3 Å². The molecule has 0 atom stereocenters. The van der Waals surface area contributed by atoms with E-state index in [9.17, 15) is 0 Å². The number of hydrogen-bond acceptors (Lipinski definition) is 6. The molecule has 1 fully saturated rings. The first-order valence-electron chi connectivity index (χ1n) is 9.47. The minimum atomic E-state index is 0. The van der Waals surface area contributed by atoms with E-state index >= 15 is 0 Å². The lowest BCUT2D eigenvalue weighted by molar-refractivity contribution is -0.00349. The number of nitrogens with two attached hydrogens (primary N) is 2. The van der Waals surface area contributed by atoms with E-state index in [2.05, 4.69) is 27.0 Å². The Morgan fingerprint density at radius 2 is 1.76 bits per heavy atom. The third kappa shape index (κ3) is 5.28. The van der Waals surface area contributed by atoms with Crippen molar-refractivity contribution in [3.8, 4) is 0 Å². The van der Waals surface area contributed by atoms with Crippen LogP contribution in [0.5, 0.6) is 0 Å². The summed E-state index contributed by atoms with van der Waals surface area (Å²) < 4.78 is 6.19. The predicted octanol–water partition coefficient (Wildman–Crippen LogP) is 4.05. The summed E-state index contributed by atoms with van der Waals surface area (Å²) >= 11 is 5.96. The Balaban J connectivity index is 0.00000240. The summed E-state index contributed by atoms with van der Waals surface area (Å²) in [6.07, 6.45) is 2.27. The van der Waals surface area contributed by atoms with Gasteiger partial charge in [0.05, 0.1) is 18.2 Å². The van der Waals surface area contributed by atoms with Crippen molar-refractivity contribution in [3.63, 3.8) is 0 Å². The number of anilines is 2. The van der Waals surface area contributed by atoms with E-state index < -0.39 is 0 Å². The monoisotopic (exact) mass is 433 g/mol. The Morgan fingerprint density at radius 1 is 1.03 bits per heavy atom. The molecule has 0 radical (unpaired) electrons. The zero-order chi connectivity index (χ0) is 19.5. The molecule has 154 valence electrons. The molecule has 0 unspecified atom stereocenters. The fourth-order valence-corrected chi connectivity index (χ4v) is 3.84. The summed E-state index contributed by atoms with van der Waals surface area (Å²) in [4.78, 5) is 10.8. The van der Waals surface area contributed by atoms with E-state index in [1.54, 1.807) is 0 Å². The van der Waals surface area contributed by atoms with Gasteiger partial charge in [0.15, 0.2) is 0 Å². The first kappa shape index (κ1) is 21.6. The highest BCUT2D eigenvalue weighted by molar-refractivity contribution is 6.30. The Hall–Kier alpha value is -2.12. The molecule has 2 heterocycles. The van der Waals surface area contributed by atoms with Gasteiger partial charge in [0.2, 0.25) is 5.95 Å². The Morgan fingerprint density at radius 3 is 2.48 bits per heavy atom. The fourth-order valence-electron chi connectivity index (χ4n) is 3.71. The third-order valence-electron chi connectivity index (χ3n) is 5.18. The van der Waals surface area contributed by atoms with Crippen molar-refractivity contribution in [1.29, 1.82) is 0 Å². The van der Waals surface area contributed by atoms with E-state index in [0.717, 1.165) is 54.0 Å². The molecule has 0 aliphatic carbocycles. The second-order valence-electron chi connectivity index (χ2n) is 7.19. The summed E-state index contributed by atoms with van der Waals surface area (Å²) in [5.41, 5.74) is 14.8. The number of nitrogen functional groups attached to an aromatic ring is 2. The summed E-state index contributed by atoms with van der Waals surface area (Å²) in [5, 5.41) is 1.61. The molecule has 1 aromatic heterocycles. The number of benzene rings is 2. The molecule has 8 heteroatoms. The lowest BCUT2D eigenvalue weighted by Crippen LogP contribution is -2.36. The fraction of sp³-hybridized carbons (Fsp3) is 0.333. The Bertz CT molecular complexity index is 959. The number of rotatable bonds is 5. The van der Waals surface area contributed by atoms with Gasteiger partial charge in [-0.1, -0.05) is 35.9 Å². The normalized spacial score (nSPS) is 15.3. The number of nitrogens with zero attached hydrogens (tertiary/aromatic N) is 3. The van der Waals surface area contributed by atoms with Crippen LogP contribution in [0.3, 0.4) is 0 Å². The number of ether oxygens (including phenoxy) is 1. The van der Waals surface area contributed by atoms with Gasteiger partial charge in [-0.05, 0) is 42.2 Å². The summed E-state index contributed by atoms with van der Waals surface area (Å²) in [6.45, 7) is 3.48. The van der Waals surface area contributed by atoms with E-state index in [1.807, 2.05) is 30.3 Å². The van der Waals surface area contributed by atoms with Crippen molar-refractivity contribution in [2.24, 2.45) is 0 Å².